The van der Waals surface area contributed by atoms with E-state index in [0.717, 1.165) is 22.8 Å². The van der Waals surface area contributed by atoms with Crippen molar-refractivity contribution < 1.29 is 0 Å². The quantitative estimate of drug-likeness (QED) is 0.862. The predicted molar refractivity (Wildman–Crippen MR) is 86.2 cm³/mol. The summed E-state index contributed by atoms with van der Waals surface area (Å²) in [5, 5.41) is 8.92. The third-order valence-corrected chi connectivity index (χ3v) is 3.84. The number of rotatable bonds is 3. The van der Waals surface area contributed by atoms with Crippen LogP contribution in [0.3, 0.4) is 0 Å². The summed E-state index contributed by atoms with van der Waals surface area (Å²) < 4.78 is 1.84. The number of hydrogen-bond donors (Lipinski definition) is 2. The summed E-state index contributed by atoms with van der Waals surface area (Å²) in [4.78, 5) is 0. The summed E-state index contributed by atoms with van der Waals surface area (Å²) in [6, 6.07) is 3.81. The molecule has 0 saturated carbocycles. The van der Waals surface area contributed by atoms with E-state index in [-0.39, 0.29) is 6.04 Å². The van der Waals surface area contributed by atoms with Crippen LogP contribution in [0.25, 0.3) is 0 Å². The van der Waals surface area contributed by atoms with Crippen LogP contribution in [0.2, 0.25) is 10.0 Å². The Morgan fingerprint density at radius 2 is 1.85 bits per heavy atom. The first-order chi connectivity index (χ1) is 9.31. The minimum Gasteiger partial charge on any atom is -0.394 e. The van der Waals surface area contributed by atoms with Crippen LogP contribution in [0.4, 0.5) is 17.2 Å². The van der Waals surface area contributed by atoms with Gasteiger partial charge in [0, 0.05) is 11.1 Å². The molecule has 0 radical (unpaired) electrons. The molecule has 1 aromatic carbocycles. The van der Waals surface area contributed by atoms with Crippen molar-refractivity contribution in [3.8, 4) is 0 Å². The Labute approximate surface area is 128 Å². The van der Waals surface area contributed by atoms with Gasteiger partial charge in [-0.3, -0.25) is 0 Å². The number of nitrogen functional groups attached to an aromatic ring is 1. The summed E-state index contributed by atoms with van der Waals surface area (Å²) in [5.74, 6) is 0.735. The molecule has 0 atom stereocenters. The Hall–Kier alpha value is -1.39. The van der Waals surface area contributed by atoms with Gasteiger partial charge in [0.25, 0.3) is 0 Å². The molecular weight excluding hydrogens is 295 g/mol. The average Bonchev–Trinajstić information content (AvgIpc) is 2.64. The lowest BCUT2D eigenvalue weighted by Gasteiger charge is -2.15. The summed E-state index contributed by atoms with van der Waals surface area (Å²) in [6.45, 7) is 7.87. The molecule has 20 heavy (non-hydrogen) atoms. The fourth-order valence-electron chi connectivity index (χ4n) is 1.93. The number of nitrogens with two attached hydrogens (primary N) is 1. The molecule has 0 saturated heterocycles. The zero-order valence-electron chi connectivity index (χ0n) is 12.0. The van der Waals surface area contributed by atoms with E-state index in [1.807, 2.05) is 38.4 Å². The maximum atomic E-state index is 6.25. The van der Waals surface area contributed by atoms with Crippen LogP contribution in [0.15, 0.2) is 12.1 Å². The van der Waals surface area contributed by atoms with Gasteiger partial charge in [0.15, 0.2) is 5.82 Å². The second-order valence-corrected chi connectivity index (χ2v) is 5.91. The number of nitrogens with one attached hydrogen (secondary N) is 1. The van der Waals surface area contributed by atoms with Crippen LogP contribution in [0.5, 0.6) is 0 Å². The van der Waals surface area contributed by atoms with Gasteiger partial charge in [0.2, 0.25) is 0 Å². The molecule has 0 spiro atoms. The molecule has 0 unspecified atom stereocenters. The van der Waals surface area contributed by atoms with Crippen molar-refractivity contribution in [3.05, 3.63) is 33.4 Å². The Balaban J connectivity index is 2.47. The molecule has 1 heterocycles. The van der Waals surface area contributed by atoms with E-state index in [1.165, 1.54) is 0 Å². The molecule has 4 nitrogen and oxygen atoms in total. The fourth-order valence-corrected chi connectivity index (χ4v) is 2.36. The van der Waals surface area contributed by atoms with Gasteiger partial charge in [-0.25, -0.2) is 4.68 Å². The summed E-state index contributed by atoms with van der Waals surface area (Å²) in [7, 11) is 0. The normalized spacial score (nSPS) is 11.2. The molecule has 2 aromatic rings. The Morgan fingerprint density at radius 3 is 2.45 bits per heavy atom. The minimum absolute atomic E-state index is 0.188. The fraction of sp³-hybridized carbons (Fsp3) is 0.357. The van der Waals surface area contributed by atoms with Gasteiger partial charge < -0.3 is 11.1 Å². The highest BCUT2D eigenvalue weighted by Crippen LogP contribution is 2.34. The monoisotopic (exact) mass is 312 g/mol. The smallest absolute Gasteiger partial charge is 0.152 e. The lowest BCUT2D eigenvalue weighted by molar-refractivity contribution is 0.536. The number of aryl methyl sites for hydroxylation is 2. The first-order valence-electron chi connectivity index (χ1n) is 6.38. The molecule has 2 rings (SSSR count). The zero-order valence-corrected chi connectivity index (χ0v) is 13.5. The van der Waals surface area contributed by atoms with Gasteiger partial charge in [0.1, 0.15) is 0 Å². The molecule has 0 aliphatic carbocycles. The van der Waals surface area contributed by atoms with E-state index in [9.17, 15) is 0 Å². The van der Waals surface area contributed by atoms with Crippen molar-refractivity contribution in [2.75, 3.05) is 11.1 Å². The first-order valence-corrected chi connectivity index (χ1v) is 7.14. The third kappa shape index (κ3) is 2.72. The van der Waals surface area contributed by atoms with E-state index in [1.54, 1.807) is 6.07 Å². The maximum absolute atomic E-state index is 6.25. The van der Waals surface area contributed by atoms with Gasteiger partial charge in [-0.2, -0.15) is 5.10 Å². The van der Waals surface area contributed by atoms with Crippen LogP contribution in [0, 0.1) is 13.8 Å². The molecule has 6 heteroatoms. The van der Waals surface area contributed by atoms with Crippen LogP contribution in [-0.4, -0.2) is 9.78 Å². The molecule has 0 aliphatic heterocycles. The highest BCUT2D eigenvalue weighted by molar-refractivity contribution is 6.35. The van der Waals surface area contributed by atoms with Gasteiger partial charge in [-0.05, 0) is 45.4 Å². The molecule has 0 aliphatic rings. The maximum Gasteiger partial charge on any atom is 0.152 e. The van der Waals surface area contributed by atoms with Crippen molar-refractivity contribution in [3.63, 3.8) is 0 Å². The molecule has 0 bridgehead atoms. The van der Waals surface area contributed by atoms with Gasteiger partial charge in [-0.1, -0.05) is 23.2 Å². The summed E-state index contributed by atoms with van der Waals surface area (Å²) in [6.07, 6.45) is 0. The van der Waals surface area contributed by atoms with E-state index >= 15 is 0 Å². The average molecular weight is 313 g/mol. The Bertz CT molecular complexity index is 647. The van der Waals surface area contributed by atoms with Crippen LogP contribution >= 0.6 is 23.2 Å². The second kappa shape index (κ2) is 5.54. The highest BCUT2D eigenvalue weighted by Gasteiger charge is 2.16. The van der Waals surface area contributed by atoms with Gasteiger partial charge in [0.05, 0.1) is 22.1 Å². The predicted octanol–water partition coefficient (Wildman–Crippen LogP) is 4.71. The number of nitrogens with zero attached hydrogens (tertiary/aromatic N) is 2. The number of benzene rings is 1. The zero-order chi connectivity index (χ0) is 15.0. The Morgan fingerprint density at radius 1 is 1.20 bits per heavy atom. The highest BCUT2D eigenvalue weighted by atomic mass is 35.5. The number of hydrogen-bond acceptors (Lipinski definition) is 3. The van der Waals surface area contributed by atoms with Crippen LogP contribution in [0.1, 0.15) is 31.1 Å². The van der Waals surface area contributed by atoms with Gasteiger partial charge in [-0.15, -0.1) is 0 Å². The molecule has 3 N–H and O–H groups in total. The largest absolute Gasteiger partial charge is 0.394 e. The number of halogens is 2. The molecule has 108 valence electrons. The van der Waals surface area contributed by atoms with E-state index in [4.69, 9.17) is 28.9 Å². The van der Waals surface area contributed by atoms with Crippen molar-refractivity contribution in [2.24, 2.45) is 0 Å². The van der Waals surface area contributed by atoms with Crippen LogP contribution < -0.4 is 11.1 Å². The lowest BCUT2D eigenvalue weighted by Crippen LogP contribution is -2.08. The van der Waals surface area contributed by atoms with Crippen molar-refractivity contribution in [2.45, 2.75) is 33.7 Å². The van der Waals surface area contributed by atoms with Crippen LogP contribution in [-0.2, 0) is 0 Å². The first kappa shape index (κ1) is 15.0. The van der Waals surface area contributed by atoms with E-state index < -0.39 is 0 Å². The molecule has 0 amide bonds. The lowest BCUT2D eigenvalue weighted by atomic mass is 10.2. The van der Waals surface area contributed by atoms with Gasteiger partial charge >= 0.3 is 0 Å². The topological polar surface area (TPSA) is 55.9 Å². The number of anilines is 3. The van der Waals surface area contributed by atoms with Crippen molar-refractivity contribution in [1.29, 1.82) is 0 Å². The molecule has 0 fully saturated rings. The third-order valence-electron chi connectivity index (χ3n) is 3.12. The minimum atomic E-state index is 0.188. The summed E-state index contributed by atoms with van der Waals surface area (Å²) >= 11 is 12.4. The SMILES string of the molecule is Cc1cc(Cl)c(Nc2c(N)c(C)nn2C(C)C)cc1Cl. The Kier molecular flexibility index (Phi) is 4.16. The molecular formula is C14H18Cl2N4. The summed E-state index contributed by atoms with van der Waals surface area (Å²) in [5.41, 5.74) is 9.14. The van der Waals surface area contributed by atoms with Crippen molar-refractivity contribution >= 4 is 40.4 Å². The van der Waals surface area contributed by atoms with Crippen molar-refractivity contribution in [1.82, 2.24) is 9.78 Å². The second-order valence-electron chi connectivity index (χ2n) is 5.09. The van der Waals surface area contributed by atoms with E-state index in [2.05, 4.69) is 10.4 Å². The molecule has 1 aromatic heterocycles. The van der Waals surface area contributed by atoms with E-state index in [0.29, 0.717) is 15.7 Å². The standard InChI is InChI=1S/C14H18Cl2N4/c1-7(2)20-14(13(17)9(4)19-20)18-12-6-10(15)8(3)5-11(12)16/h5-7,18H,17H2,1-4H3. The number of aromatic nitrogens is 2.